The highest BCUT2D eigenvalue weighted by atomic mass is 16.5. The van der Waals surface area contributed by atoms with Gasteiger partial charge in [-0.25, -0.2) is 0 Å². The predicted octanol–water partition coefficient (Wildman–Crippen LogP) is 4.35. The van der Waals surface area contributed by atoms with Crippen molar-refractivity contribution >= 4 is 5.91 Å². The molecule has 0 saturated heterocycles. The summed E-state index contributed by atoms with van der Waals surface area (Å²) in [4.78, 5) is 12.4. The Morgan fingerprint density at radius 3 is 2.32 bits per heavy atom. The van der Waals surface area contributed by atoms with Crippen molar-refractivity contribution < 1.29 is 9.53 Å². The number of carbonyl (C=O) groups excluding carboxylic acids is 1. The van der Waals surface area contributed by atoms with Gasteiger partial charge in [0.05, 0.1) is 0 Å². The summed E-state index contributed by atoms with van der Waals surface area (Å²) < 4.78 is 5.86. The lowest BCUT2D eigenvalue weighted by atomic mass is 9.81. The van der Waals surface area contributed by atoms with E-state index in [9.17, 15) is 4.79 Å². The molecule has 0 aliphatic heterocycles. The minimum atomic E-state index is -0.507. The van der Waals surface area contributed by atoms with Gasteiger partial charge < -0.3 is 10.1 Å². The van der Waals surface area contributed by atoms with Crippen LogP contribution in [-0.2, 0) is 11.2 Å². The Balaban J connectivity index is 2.69. The topological polar surface area (TPSA) is 38.3 Å². The van der Waals surface area contributed by atoms with Crippen LogP contribution in [0.3, 0.4) is 0 Å². The van der Waals surface area contributed by atoms with Gasteiger partial charge in [0.1, 0.15) is 5.75 Å². The lowest BCUT2D eigenvalue weighted by Gasteiger charge is -2.34. The van der Waals surface area contributed by atoms with E-state index in [1.165, 1.54) is 0 Å². The highest BCUT2D eigenvalue weighted by molar-refractivity contribution is 5.81. The summed E-state index contributed by atoms with van der Waals surface area (Å²) in [6.45, 7) is 14.5. The van der Waals surface area contributed by atoms with Crippen LogP contribution in [0, 0.1) is 5.41 Å². The maximum absolute atomic E-state index is 12.4. The Kier molecular flexibility index (Phi) is 6.04. The van der Waals surface area contributed by atoms with Gasteiger partial charge in [0.2, 0.25) is 0 Å². The number of nitrogens with one attached hydrogen (secondary N) is 1. The molecule has 1 aromatic carbocycles. The molecule has 0 radical (unpaired) electrons. The second-order valence-corrected chi connectivity index (χ2v) is 7.83. The molecule has 1 amide bonds. The van der Waals surface area contributed by atoms with E-state index in [1.807, 2.05) is 24.3 Å². The normalized spacial score (nSPS) is 13.6. The lowest BCUT2D eigenvalue weighted by molar-refractivity contribution is -0.129. The average molecular weight is 305 g/mol. The molecular formula is C19H31NO2. The van der Waals surface area contributed by atoms with Crippen LogP contribution in [-0.4, -0.2) is 17.6 Å². The Bertz CT molecular complexity index is 500. The molecule has 1 rings (SSSR count). The van der Waals surface area contributed by atoms with Crippen LogP contribution in [0.15, 0.2) is 24.3 Å². The molecule has 0 aromatic heterocycles. The largest absolute Gasteiger partial charge is 0.481 e. The van der Waals surface area contributed by atoms with Crippen LogP contribution in [0.1, 0.15) is 60.5 Å². The van der Waals surface area contributed by atoms with Gasteiger partial charge in [-0.15, -0.1) is 0 Å². The monoisotopic (exact) mass is 305 g/mol. The first-order valence-electron chi connectivity index (χ1n) is 8.11. The smallest absolute Gasteiger partial charge is 0.261 e. The molecule has 0 bridgehead atoms. The standard InChI is InChI=1S/C19H31NO2/c1-8-15-11-9-10-12-16(15)22-14(2)17(21)20-19(6,7)13-18(3,4)5/h9-12,14H,8,13H2,1-7H3,(H,20,21)/t14-/m1/s1. The molecular weight excluding hydrogens is 274 g/mol. The molecule has 0 spiro atoms. The van der Waals surface area contributed by atoms with Crippen molar-refractivity contribution in [3.63, 3.8) is 0 Å². The molecule has 0 aliphatic rings. The summed E-state index contributed by atoms with van der Waals surface area (Å²) >= 11 is 0. The summed E-state index contributed by atoms with van der Waals surface area (Å²) in [6.07, 6.45) is 1.29. The molecule has 0 heterocycles. The molecule has 1 atom stereocenters. The number of para-hydroxylation sites is 1. The van der Waals surface area contributed by atoms with Crippen molar-refractivity contribution in [2.45, 2.75) is 73.0 Å². The molecule has 22 heavy (non-hydrogen) atoms. The minimum absolute atomic E-state index is 0.0693. The summed E-state index contributed by atoms with van der Waals surface area (Å²) in [5.41, 5.74) is 1.03. The number of benzene rings is 1. The van der Waals surface area contributed by atoms with Crippen LogP contribution in [0.5, 0.6) is 5.75 Å². The lowest BCUT2D eigenvalue weighted by Crippen LogP contribution is -2.50. The average Bonchev–Trinajstić information content (AvgIpc) is 2.35. The van der Waals surface area contributed by atoms with Crippen molar-refractivity contribution in [1.29, 1.82) is 0 Å². The van der Waals surface area contributed by atoms with E-state index in [2.05, 4.69) is 46.9 Å². The Morgan fingerprint density at radius 2 is 1.77 bits per heavy atom. The second kappa shape index (κ2) is 7.17. The van der Waals surface area contributed by atoms with Crippen molar-refractivity contribution in [3.05, 3.63) is 29.8 Å². The molecule has 1 aromatic rings. The Hall–Kier alpha value is -1.51. The zero-order valence-corrected chi connectivity index (χ0v) is 15.1. The van der Waals surface area contributed by atoms with Gasteiger partial charge in [0.25, 0.3) is 5.91 Å². The van der Waals surface area contributed by atoms with Gasteiger partial charge in [-0.2, -0.15) is 0 Å². The SMILES string of the molecule is CCc1ccccc1O[C@H](C)C(=O)NC(C)(C)CC(C)(C)C. The fourth-order valence-corrected chi connectivity index (χ4v) is 2.96. The molecule has 1 N–H and O–H groups in total. The molecule has 0 unspecified atom stereocenters. The van der Waals surface area contributed by atoms with E-state index >= 15 is 0 Å². The van der Waals surface area contributed by atoms with Gasteiger partial charge in [-0.1, -0.05) is 45.9 Å². The van der Waals surface area contributed by atoms with E-state index in [-0.39, 0.29) is 16.9 Å². The van der Waals surface area contributed by atoms with E-state index in [0.717, 1.165) is 24.2 Å². The van der Waals surface area contributed by atoms with Gasteiger partial charge in [0.15, 0.2) is 6.10 Å². The fraction of sp³-hybridized carbons (Fsp3) is 0.632. The third-order valence-electron chi connectivity index (χ3n) is 3.46. The number of rotatable bonds is 6. The van der Waals surface area contributed by atoms with Crippen molar-refractivity contribution in [3.8, 4) is 5.75 Å². The highest BCUT2D eigenvalue weighted by Crippen LogP contribution is 2.27. The molecule has 3 heteroatoms. The van der Waals surface area contributed by atoms with Crippen LogP contribution >= 0.6 is 0 Å². The van der Waals surface area contributed by atoms with Gasteiger partial charge in [0, 0.05) is 5.54 Å². The third-order valence-corrected chi connectivity index (χ3v) is 3.46. The number of aryl methyl sites for hydroxylation is 1. The Labute approximate surface area is 135 Å². The minimum Gasteiger partial charge on any atom is -0.481 e. The summed E-state index contributed by atoms with van der Waals surface area (Å²) in [5.74, 6) is 0.724. The number of amides is 1. The summed E-state index contributed by atoms with van der Waals surface area (Å²) in [6, 6.07) is 7.87. The number of hydrogen-bond donors (Lipinski definition) is 1. The summed E-state index contributed by atoms with van der Waals surface area (Å²) in [5, 5.41) is 3.11. The maximum atomic E-state index is 12.4. The second-order valence-electron chi connectivity index (χ2n) is 7.83. The van der Waals surface area contributed by atoms with E-state index in [4.69, 9.17) is 4.74 Å². The third kappa shape index (κ3) is 6.08. The molecule has 0 saturated carbocycles. The van der Waals surface area contributed by atoms with Crippen LogP contribution in [0.2, 0.25) is 0 Å². The van der Waals surface area contributed by atoms with E-state index < -0.39 is 6.10 Å². The number of carbonyl (C=O) groups is 1. The van der Waals surface area contributed by atoms with Crippen molar-refractivity contribution in [2.24, 2.45) is 5.41 Å². The van der Waals surface area contributed by atoms with Crippen molar-refractivity contribution in [2.75, 3.05) is 0 Å². The first-order valence-corrected chi connectivity index (χ1v) is 8.11. The van der Waals surface area contributed by atoms with E-state index in [0.29, 0.717) is 0 Å². The maximum Gasteiger partial charge on any atom is 0.261 e. The highest BCUT2D eigenvalue weighted by Gasteiger charge is 2.29. The number of hydrogen-bond acceptors (Lipinski definition) is 2. The quantitative estimate of drug-likeness (QED) is 0.848. The fourth-order valence-electron chi connectivity index (χ4n) is 2.96. The van der Waals surface area contributed by atoms with Crippen LogP contribution in [0.25, 0.3) is 0 Å². The van der Waals surface area contributed by atoms with Crippen LogP contribution in [0.4, 0.5) is 0 Å². The molecule has 3 nitrogen and oxygen atoms in total. The van der Waals surface area contributed by atoms with Gasteiger partial charge >= 0.3 is 0 Å². The van der Waals surface area contributed by atoms with E-state index in [1.54, 1.807) is 6.92 Å². The molecule has 0 fully saturated rings. The molecule has 0 aliphatic carbocycles. The number of ether oxygens (including phenoxy) is 1. The zero-order chi connectivity index (χ0) is 17.0. The zero-order valence-electron chi connectivity index (χ0n) is 15.1. The Morgan fingerprint density at radius 1 is 1.18 bits per heavy atom. The summed E-state index contributed by atoms with van der Waals surface area (Å²) in [7, 11) is 0. The molecule has 124 valence electrons. The predicted molar refractivity (Wildman–Crippen MR) is 92.2 cm³/mol. The van der Waals surface area contributed by atoms with Gasteiger partial charge in [-0.3, -0.25) is 4.79 Å². The first-order chi connectivity index (χ1) is 10.0. The van der Waals surface area contributed by atoms with Crippen LogP contribution < -0.4 is 10.1 Å². The first kappa shape index (κ1) is 18.5. The van der Waals surface area contributed by atoms with Gasteiger partial charge in [-0.05, 0) is 50.7 Å². The van der Waals surface area contributed by atoms with Crippen molar-refractivity contribution in [1.82, 2.24) is 5.32 Å².